The van der Waals surface area contributed by atoms with Crippen LogP contribution in [0.15, 0.2) is 0 Å². The molecule has 0 nitrogen and oxygen atoms in total. The van der Waals surface area contributed by atoms with E-state index in [9.17, 15) is 8.78 Å². The average molecular weight is 292 g/mol. The third-order valence-corrected chi connectivity index (χ3v) is 7.53. The van der Waals surface area contributed by atoms with Gasteiger partial charge in [-0.25, -0.2) is 0 Å². The van der Waals surface area contributed by atoms with E-state index in [1.807, 2.05) is 0 Å². The van der Waals surface area contributed by atoms with Crippen LogP contribution in [0.2, 0.25) is 0 Å². The molecule has 0 aliphatic rings. The molecule has 0 atom stereocenters. The van der Waals surface area contributed by atoms with Crippen LogP contribution in [0.1, 0.15) is 8.87 Å². The van der Waals surface area contributed by atoms with Gasteiger partial charge in [-0.05, 0) is 0 Å². The fourth-order valence-corrected chi connectivity index (χ4v) is 7.01. The third kappa shape index (κ3) is 1.86. The second-order valence-corrected chi connectivity index (χ2v) is 9.09. The second kappa shape index (κ2) is 3.93. The van der Waals surface area contributed by atoms with Gasteiger partial charge in [0.15, 0.2) is 0 Å². The van der Waals surface area contributed by atoms with Crippen LogP contribution < -0.4 is 0 Å². The van der Waals surface area contributed by atoms with Crippen LogP contribution in [-0.2, 0) is 13.3 Å². The van der Waals surface area contributed by atoms with E-state index in [2.05, 4.69) is 0 Å². The molecule has 0 bridgehead atoms. The van der Waals surface area contributed by atoms with Crippen molar-refractivity contribution in [2.24, 2.45) is 0 Å². The van der Waals surface area contributed by atoms with Gasteiger partial charge in [-0.15, -0.1) is 0 Å². The van der Waals surface area contributed by atoms with Crippen LogP contribution in [0.4, 0.5) is 8.78 Å². The number of rotatable bonds is 2. The molecule has 0 aliphatic carbocycles. The van der Waals surface area contributed by atoms with Gasteiger partial charge in [0.05, 0.1) is 0 Å². The van der Waals surface area contributed by atoms with Crippen molar-refractivity contribution in [1.29, 1.82) is 0 Å². The van der Waals surface area contributed by atoms with E-state index < -0.39 is 13.3 Å². The predicted molar refractivity (Wildman–Crippen MR) is 40.8 cm³/mol. The van der Waals surface area contributed by atoms with Crippen molar-refractivity contribution >= 4 is 41.2 Å². The topological polar surface area (TPSA) is 0 Å². The molecule has 0 aromatic carbocycles. The van der Waals surface area contributed by atoms with Gasteiger partial charge < -0.3 is 0 Å². The van der Waals surface area contributed by atoms with Crippen LogP contribution in [0.3, 0.4) is 0 Å². The monoisotopic (exact) mass is 294 g/mol. The molecule has 0 saturated heterocycles. The van der Waals surface area contributed by atoms with Crippen molar-refractivity contribution in [2.75, 3.05) is 0 Å². The van der Waals surface area contributed by atoms with E-state index in [0.29, 0.717) is 8.87 Å². The van der Waals surface area contributed by atoms with Crippen molar-refractivity contribution in [2.45, 2.75) is 13.3 Å². The van der Waals surface area contributed by atoms with E-state index in [1.165, 1.54) is 0 Å². The Morgan fingerprint density at radius 3 is 1.80 bits per heavy atom. The van der Waals surface area contributed by atoms with Crippen LogP contribution in [0.25, 0.3) is 0 Å². The van der Waals surface area contributed by atoms with Crippen LogP contribution in [-0.4, -0.2) is 29.0 Å². The second-order valence-electron chi connectivity index (χ2n) is 1.57. The third-order valence-electron chi connectivity index (χ3n) is 0.967. The fraction of sp³-hybridized carbons (Fsp3) is 0.400. The Morgan fingerprint density at radius 1 is 1.10 bits per heavy atom. The molecule has 0 fully saturated rings. The quantitative estimate of drug-likeness (QED) is 0.587. The summed E-state index contributed by atoms with van der Waals surface area (Å²) in [7, 11) is 0. The van der Waals surface area contributed by atoms with Crippen LogP contribution >= 0.6 is 12.2 Å². The van der Waals surface area contributed by atoms with Gasteiger partial charge in [0.2, 0.25) is 0 Å². The van der Waals surface area contributed by atoms with Gasteiger partial charge in [-0.3, -0.25) is 0 Å². The SMILES string of the molecule is FCc1[se]c(=S)[se]c1CF. The number of hydrogen-bond acceptors (Lipinski definition) is 1. The Balaban J connectivity index is 3.08. The first kappa shape index (κ1) is 8.82. The minimum atomic E-state index is -0.499. The van der Waals surface area contributed by atoms with Crippen molar-refractivity contribution in [1.82, 2.24) is 0 Å². The molecule has 56 valence electrons. The Bertz CT molecular complexity index is 240. The molecule has 10 heavy (non-hydrogen) atoms. The van der Waals surface area contributed by atoms with E-state index in [4.69, 9.17) is 12.2 Å². The summed E-state index contributed by atoms with van der Waals surface area (Å²) in [6.45, 7) is -0.998. The molecule has 1 aromatic heterocycles. The molecule has 0 unspecified atom stereocenters. The van der Waals surface area contributed by atoms with Gasteiger partial charge >= 0.3 is 74.5 Å². The maximum absolute atomic E-state index is 12.1. The molecule has 1 rings (SSSR count). The van der Waals surface area contributed by atoms with Gasteiger partial charge in [0.1, 0.15) is 0 Å². The first-order valence-corrected chi connectivity index (χ1v) is 6.35. The van der Waals surface area contributed by atoms with Gasteiger partial charge in [0.25, 0.3) is 0 Å². The Hall–Kier alpha value is 0.729. The first-order valence-electron chi connectivity index (χ1n) is 2.51. The summed E-state index contributed by atoms with van der Waals surface area (Å²) in [5, 5.41) is 0. The normalized spacial score (nSPS) is 10.2. The summed E-state index contributed by atoms with van der Waals surface area (Å²) < 4.78 is 26.3. The van der Waals surface area contributed by atoms with Gasteiger partial charge in [-0.2, -0.15) is 0 Å². The van der Waals surface area contributed by atoms with Crippen molar-refractivity contribution in [3.8, 4) is 0 Å². The zero-order valence-corrected chi connectivity index (χ0v) is 9.14. The zero-order chi connectivity index (χ0) is 7.56. The minimum absolute atomic E-state index is 0.00843. The molecule has 0 radical (unpaired) electrons. The molecule has 1 heterocycles. The van der Waals surface area contributed by atoms with Crippen molar-refractivity contribution < 1.29 is 8.78 Å². The summed E-state index contributed by atoms with van der Waals surface area (Å²) in [6.07, 6.45) is 0. The van der Waals surface area contributed by atoms with Crippen LogP contribution in [0, 0.1) is 2.26 Å². The summed E-state index contributed by atoms with van der Waals surface area (Å²) in [6, 6.07) is 0. The average Bonchev–Trinajstić information content (AvgIpc) is 2.30. The summed E-state index contributed by atoms with van der Waals surface area (Å²) in [4.78, 5) is 0. The summed E-state index contributed by atoms with van der Waals surface area (Å²) in [5.41, 5.74) is 0. The molecule has 0 saturated carbocycles. The van der Waals surface area contributed by atoms with E-state index in [0.717, 1.165) is 2.26 Å². The molecule has 1 aromatic rings. The van der Waals surface area contributed by atoms with E-state index >= 15 is 0 Å². The van der Waals surface area contributed by atoms with E-state index in [1.54, 1.807) is 0 Å². The summed E-state index contributed by atoms with van der Waals surface area (Å²) >= 11 is 4.87. The Kier molecular flexibility index (Phi) is 3.47. The predicted octanol–water partition coefficient (Wildman–Crippen LogP) is 1.47. The maximum atomic E-state index is 12.1. The van der Waals surface area contributed by atoms with Crippen LogP contribution in [0.5, 0.6) is 0 Å². The van der Waals surface area contributed by atoms with Gasteiger partial charge in [0, 0.05) is 0 Å². The van der Waals surface area contributed by atoms with Gasteiger partial charge in [-0.1, -0.05) is 0 Å². The van der Waals surface area contributed by atoms with Crippen molar-refractivity contribution in [3.63, 3.8) is 0 Å². The van der Waals surface area contributed by atoms with Crippen molar-refractivity contribution in [3.05, 3.63) is 11.1 Å². The first-order chi connectivity index (χ1) is 4.77. The Labute approximate surface area is 74.4 Å². The number of alkyl halides is 2. The summed E-state index contributed by atoms with van der Waals surface area (Å²) in [5.74, 6) is 0. The molecular formula is C5H4F2SSe2. The fourth-order valence-electron chi connectivity index (χ4n) is 0.539. The molecule has 0 N–H and O–H groups in total. The molecule has 0 spiro atoms. The van der Waals surface area contributed by atoms with E-state index in [-0.39, 0.29) is 29.0 Å². The number of halogens is 2. The molecule has 0 aliphatic heterocycles. The Morgan fingerprint density at radius 2 is 1.50 bits per heavy atom. The molecule has 0 amide bonds. The molecule has 5 heteroatoms. The standard InChI is InChI=1S/C5H4F2SSe2/c6-1-3-4(2-7)10-5(8)9-3/h1-2H2. The molecular weight excluding hydrogens is 288 g/mol. The zero-order valence-electron chi connectivity index (χ0n) is 4.89. The number of hydrogen-bond donors (Lipinski definition) is 0.